The minimum absolute atomic E-state index is 0.123. The van der Waals surface area contributed by atoms with E-state index in [1.54, 1.807) is 19.2 Å². The molecule has 1 atom stereocenters. The number of hydrogen-bond donors (Lipinski definition) is 1. The first-order chi connectivity index (χ1) is 9.13. The number of benzene rings is 1. The van der Waals surface area contributed by atoms with Gasteiger partial charge in [0.15, 0.2) is 0 Å². The molecule has 0 saturated heterocycles. The van der Waals surface area contributed by atoms with E-state index in [0.717, 1.165) is 32.2 Å². The Morgan fingerprint density at radius 1 is 1.42 bits per heavy atom. The summed E-state index contributed by atoms with van der Waals surface area (Å²) in [4.78, 5) is 0. The van der Waals surface area contributed by atoms with Crippen molar-refractivity contribution in [3.05, 3.63) is 34.6 Å². The van der Waals surface area contributed by atoms with Crippen molar-refractivity contribution in [3.63, 3.8) is 0 Å². The molecule has 4 heteroatoms. The molecule has 1 aromatic carbocycles. The molecule has 19 heavy (non-hydrogen) atoms. The second-order valence-corrected chi connectivity index (χ2v) is 5.57. The molecule has 1 N–H and O–H groups in total. The van der Waals surface area contributed by atoms with Crippen LogP contribution in [0.3, 0.4) is 0 Å². The number of methoxy groups -OCH3 is 1. The van der Waals surface area contributed by atoms with Crippen molar-refractivity contribution in [3.8, 4) is 0 Å². The molecule has 0 radical (unpaired) electrons. The van der Waals surface area contributed by atoms with Crippen LogP contribution >= 0.6 is 11.6 Å². The van der Waals surface area contributed by atoms with Gasteiger partial charge in [0.05, 0.1) is 11.6 Å². The van der Waals surface area contributed by atoms with Gasteiger partial charge in [-0.1, -0.05) is 37.4 Å². The lowest BCUT2D eigenvalue weighted by atomic mass is 9.86. The second-order valence-electron chi connectivity index (χ2n) is 5.13. The Bertz CT molecular complexity index is 432. The largest absolute Gasteiger partial charge is 0.376 e. The summed E-state index contributed by atoms with van der Waals surface area (Å²) in [6, 6.07) is 4.76. The number of hydrogen-bond acceptors (Lipinski definition) is 2. The Morgan fingerprint density at radius 2 is 2.11 bits per heavy atom. The van der Waals surface area contributed by atoms with Crippen LogP contribution in [0.25, 0.3) is 0 Å². The van der Waals surface area contributed by atoms with Crippen molar-refractivity contribution < 1.29 is 9.13 Å². The Labute approximate surface area is 119 Å². The van der Waals surface area contributed by atoms with Crippen LogP contribution < -0.4 is 5.32 Å². The van der Waals surface area contributed by atoms with Gasteiger partial charge in [-0.05, 0) is 31.5 Å². The molecule has 1 aliphatic rings. The van der Waals surface area contributed by atoms with Gasteiger partial charge in [0.1, 0.15) is 5.82 Å². The van der Waals surface area contributed by atoms with E-state index in [4.69, 9.17) is 16.3 Å². The van der Waals surface area contributed by atoms with Gasteiger partial charge in [0.2, 0.25) is 0 Å². The maximum Gasteiger partial charge on any atom is 0.129 e. The van der Waals surface area contributed by atoms with Gasteiger partial charge in [-0.25, -0.2) is 4.39 Å². The van der Waals surface area contributed by atoms with Gasteiger partial charge in [0, 0.05) is 17.7 Å². The molecule has 106 valence electrons. The highest BCUT2D eigenvalue weighted by molar-refractivity contribution is 6.30. The first kappa shape index (κ1) is 14.8. The van der Waals surface area contributed by atoms with E-state index in [1.807, 2.05) is 6.92 Å². The van der Waals surface area contributed by atoms with Crippen molar-refractivity contribution in [1.82, 2.24) is 5.32 Å². The molecule has 1 aliphatic carbocycles. The van der Waals surface area contributed by atoms with E-state index in [2.05, 4.69) is 5.32 Å². The molecular formula is C15H21ClFNO. The fourth-order valence-corrected chi connectivity index (χ4v) is 3.26. The topological polar surface area (TPSA) is 21.3 Å². The van der Waals surface area contributed by atoms with Gasteiger partial charge in [-0.3, -0.25) is 0 Å². The number of nitrogens with one attached hydrogen (secondary N) is 1. The molecule has 0 amide bonds. The summed E-state index contributed by atoms with van der Waals surface area (Å²) in [7, 11) is 1.73. The van der Waals surface area contributed by atoms with Crippen LogP contribution in [-0.4, -0.2) is 19.3 Å². The smallest absolute Gasteiger partial charge is 0.129 e. The fourth-order valence-electron chi connectivity index (χ4n) is 3.10. The average molecular weight is 286 g/mol. The predicted molar refractivity (Wildman–Crippen MR) is 76.0 cm³/mol. The maximum absolute atomic E-state index is 14.2. The summed E-state index contributed by atoms with van der Waals surface area (Å²) in [5, 5.41) is 3.81. The third-order valence-corrected chi connectivity index (χ3v) is 4.30. The molecular weight excluding hydrogens is 265 g/mol. The van der Waals surface area contributed by atoms with Gasteiger partial charge in [-0.2, -0.15) is 0 Å². The van der Waals surface area contributed by atoms with Crippen molar-refractivity contribution in [2.24, 2.45) is 0 Å². The number of rotatable bonds is 5. The zero-order valence-electron chi connectivity index (χ0n) is 11.5. The van der Waals surface area contributed by atoms with Crippen LogP contribution in [0.1, 0.15) is 44.2 Å². The van der Waals surface area contributed by atoms with E-state index < -0.39 is 0 Å². The molecule has 1 saturated carbocycles. The van der Waals surface area contributed by atoms with Crippen molar-refractivity contribution in [1.29, 1.82) is 0 Å². The summed E-state index contributed by atoms with van der Waals surface area (Å²) >= 11 is 5.84. The average Bonchev–Trinajstić information content (AvgIpc) is 2.87. The van der Waals surface area contributed by atoms with E-state index in [1.165, 1.54) is 6.07 Å². The highest BCUT2D eigenvalue weighted by atomic mass is 35.5. The van der Waals surface area contributed by atoms with E-state index in [9.17, 15) is 4.39 Å². The molecule has 0 aliphatic heterocycles. The monoisotopic (exact) mass is 285 g/mol. The Morgan fingerprint density at radius 3 is 2.63 bits per heavy atom. The number of halogens is 2. The van der Waals surface area contributed by atoms with Crippen LogP contribution in [0, 0.1) is 5.82 Å². The summed E-state index contributed by atoms with van der Waals surface area (Å²) in [5.74, 6) is -0.262. The quantitative estimate of drug-likeness (QED) is 0.880. The second kappa shape index (κ2) is 6.21. The summed E-state index contributed by atoms with van der Waals surface area (Å²) in [5.41, 5.74) is 0.347. The summed E-state index contributed by atoms with van der Waals surface area (Å²) < 4.78 is 20.0. The van der Waals surface area contributed by atoms with Gasteiger partial charge >= 0.3 is 0 Å². The zero-order chi connectivity index (χ0) is 13.9. The van der Waals surface area contributed by atoms with E-state index in [-0.39, 0.29) is 17.5 Å². The molecule has 2 rings (SSSR count). The lowest BCUT2D eigenvalue weighted by Gasteiger charge is -2.37. The van der Waals surface area contributed by atoms with Gasteiger partial charge in [0.25, 0.3) is 0 Å². The highest BCUT2D eigenvalue weighted by Crippen LogP contribution is 2.43. The van der Waals surface area contributed by atoms with E-state index in [0.29, 0.717) is 10.6 Å². The lowest BCUT2D eigenvalue weighted by molar-refractivity contribution is -0.0372. The third kappa shape index (κ3) is 2.93. The normalized spacial score (nSPS) is 19.6. The molecule has 1 unspecified atom stereocenters. The standard InChI is InChI=1S/C15H21ClFNO/c1-3-18-14(15(19-2)8-4-5-9-15)12-7-6-11(16)10-13(12)17/h6-7,10,14,18H,3-5,8-9H2,1-2H3. The lowest BCUT2D eigenvalue weighted by Crippen LogP contribution is -2.44. The number of ether oxygens (including phenoxy) is 1. The minimum atomic E-state index is -0.301. The van der Waals surface area contributed by atoms with Crippen LogP contribution in [0.15, 0.2) is 18.2 Å². The van der Waals surface area contributed by atoms with Gasteiger partial charge in [-0.15, -0.1) is 0 Å². The van der Waals surface area contributed by atoms with E-state index >= 15 is 0 Å². The highest BCUT2D eigenvalue weighted by Gasteiger charge is 2.43. The van der Waals surface area contributed by atoms with Crippen molar-refractivity contribution >= 4 is 11.6 Å². The molecule has 0 heterocycles. The van der Waals surface area contributed by atoms with Crippen LogP contribution in [0.4, 0.5) is 4.39 Å². The predicted octanol–water partition coefficient (Wildman–Crippen LogP) is 4.09. The molecule has 2 nitrogen and oxygen atoms in total. The third-order valence-electron chi connectivity index (χ3n) is 4.06. The first-order valence-electron chi connectivity index (χ1n) is 6.86. The number of likely N-dealkylation sites (N-methyl/N-ethyl adjacent to an activating group) is 1. The SMILES string of the molecule is CCNC(c1ccc(Cl)cc1F)C1(OC)CCCC1. The Hall–Kier alpha value is -0.640. The summed E-state index contributed by atoms with van der Waals surface area (Å²) in [6.07, 6.45) is 4.18. The van der Waals surface area contributed by atoms with Crippen molar-refractivity contribution in [2.45, 2.75) is 44.2 Å². The first-order valence-corrected chi connectivity index (χ1v) is 7.24. The molecule has 0 bridgehead atoms. The Balaban J connectivity index is 2.38. The van der Waals surface area contributed by atoms with Crippen LogP contribution in [0.2, 0.25) is 5.02 Å². The molecule has 1 aromatic rings. The summed E-state index contributed by atoms with van der Waals surface area (Å²) in [6.45, 7) is 2.80. The van der Waals surface area contributed by atoms with Crippen molar-refractivity contribution in [2.75, 3.05) is 13.7 Å². The minimum Gasteiger partial charge on any atom is -0.376 e. The molecule has 1 fully saturated rings. The van der Waals surface area contributed by atoms with Crippen LogP contribution in [-0.2, 0) is 4.74 Å². The van der Waals surface area contributed by atoms with Crippen LogP contribution in [0.5, 0.6) is 0 Å². The Kier molecular flexibility index (Phi) is 4.82. The molecule has 0 aromatic heterocycles. The zero-order valence-corrected chi connectivity index (χ0v) is 12.3. The fraction of sp³-hybridized carbons (Fsp3) is 0.600. The molecule has 0 spiro atoms. The maximum atomic E-state index is 14.2. The van der Waals surface area contributed by atoms with Gasteiger partial charge < -0.3 is 10.1 Å².